The highest BCUT2D eigenvalue weighted by molar-refractivity contribution is 7.92. The molecule has 0 aliphatic heterocycles. The molecule has 0 aliphatic carbocycles. The minimum Gasteiger partial charge on any atom is -0.244 e. The van der Waals surface area contributed by atoms with Crippen LogP contribution < -0.4 is 4.72 Å². The Hall–Kier alpha value is -2.54. The molecule has 2 heterocycles. The van der Waals surface area contributed by atoms with Crippen molar-refractivity contribution < 1.29 is 8.42 Å². The molecule has 2 aromatic heterocycles. The summed E-state index contributed by atoms with van der Waals surface area (Å²) < 4.78 is 25.9. The molecule has 0 radical (unpaired) electrons. The van der Waals surface area contributed by atoms with Crippen molar-refractivity contribution in [2.75, 3.05) is 4.72 Å². The van der Waals surface area contributed by atoms with Crippen LogP contribution in [-0.4, -0.2) is 33.6 Å². The van der Waals surface area contributed by atoms with Crippen LogP contribution in [0.1, 0.15) is 5.69 Å². The lowest BCUT2D eigenvalue weighted by molar-refractivity contribution is 0.600. The summed E-state index contributed by atoms with van der Waals surface area (Å²) in [7, 11) is -2.32. The smallest absolute Gasteiger partial charge is 0.244 e. The lowest BCUT2D eigenvalue weighted by atomic mass is 10.4. The van der Waals surface area contributed by atoms with Crippen LogP contribution in [0.5, 0.6) is 0 Å². The maximum atomic E-state index is 11.9. The van der Waals surface area contributed by atoms with Gasteiger partial charge in [-0.25, -0.2) is 18.1 Å². The van der Waals surface area contributed by atoms with E-state index < -0.39 is 10.0 Å². The fourth-order valence-electron chi connectivity index (χ4n) is 1.11. The molecular formula is C8H7N7O2S. The summed E-state index contributed by atoms with van der Waals surface area (Å²) in [5, 5.41) is 19.2. The van der Waals surface area contributed by atoms with Gasteiger partial charge in [-0.15, -0.1) is 5.10 Å². The third kappa shape index (κ3) is 2.41. The Morgan fingerprint density at radius 2 is 2.22 bits per heavy atom. The molecular weight excluding hydrogens is 258 g/mol. The highest BCUT2D eigenvalue weighted by Gasteiger charge is 2.17. The second-order valence-corrected chi connectivity index (χ2v) is 4.88. The zero-order chi connectivity index (χ0) is 13.2. The Kier molecular flexibility index (Phi) is 2.90. The summed E-state index contributed by atoms with van der Waals surface area (Å²) in [4.78, 5) is 4.70. The molecule has 9 nitrogen and oxygen atoms in total. The quantitative estimate of drug-likeness (QED) is 0.775. The summed E-state index contributed by atoms with van der Waals surface area (Å²) in [5.41, 5.74) is 0.131. The summed E-state index contributed by atoms with van der Waals surface area (Å²) >= 11 is 0. The average Bonchev–Trinajstić information content (AvgIpc) is 2.74. The second-order valence-electron chi connectivity index (χ2n) is 3.20. The van der Waals surface area contributed by atoms with Gasteiger partial charge in [0.25, 0.3) is 16.0 Å². The molecule has 0 spiro atoms. The van der Waals surface area contributed by atoms with E-state index in [-0.39, 0.29) is 16.5 Å². The first kappa shape index (κ1) is 11.9. The van der Waals surface area contributed by atoms with Crippen molar-refractivity contribution in [3.8, 4) is 6.07 Å². The van der Waals surface area contributed by atoms with Gasteiger partial charge in [-0.05, 0) is 17.3 Å². The fraction of sp³-hybridized carbons (Fsp3) is 0.125. The summed E-state index contributed by atoms with van der Waals surface area (Å²) in [5.74, 6) is -0.137. The van der Waals surface area contributed by atoms with E-state index >= 15 is 0 Å². The minimum absolute atomic E-state index is 0.0889. The van der Waals surface area contributed by atoms with Crippen LogP contribution in [-0.2, 0) is 17.1 Å². The van der Waals surface area contributed by atoms with Crippen LogP contribution >= 0.6 is 0 Å². The van der Waals surface area contributed by atoms with E-state index in [1.165, 1.54) is 19.2 Å². The van der Waals surface area contributed by atoms with Crippen molar-refractivity contribution in [2.24, 2.45) is 7.05 Å². The van der Waals surface area contributed by atoms with Crippen molar-refractivity contribution >= 4 is 16.0 Å². The number of sulfonamides is 1. The van der Waals surface area contributed by atoms with E-state index in [0.717, 1.165) is 11.0 Å². The van der Waals surface area contributed by atoms with E-state index in [0.29, 0.717) is 0 Å². The van der Waals surface area contributed by atoms with Crippen molar-refractivity contribution in [3.05, 3.63) is 24.0 Å². The van der Waals surface area contributed by atoms with Crippen LogP contribution in [0, 0.1) is 11.3 Å². The Bertz CT molecular complexity index is 698. The van der Waals surface area contributed by atoms with Crippen molar-refractivity contribution in [2.45, 2.75) is 4.90 Å². The van der Waals surface area contributed by atoms with Gasteiger partial charge in [0, 0.05) is 6.20 Å². The molecule has 10 heteroatoms. The molecule has 2 rings (SSSR count). The second kappa shape index (κ2) is 4.38. The topological polar surface area (TPSA) is 126 Å². The maximum absolute atomic E-state index is 11.9. The number of nitrogens with one attached hydrogen (secondary N) is 1. The molecule has 0 bridgehead atoms. The van der Waals surface area contributed by atoms with Gasteiger partial charge in [0.2, 0.25) is 0 Å². The summed E-state index contributed by atoms with van der Waals surface area (Å²) in [6, 6.07) is 4.37. The average molecular weight is 265 g/mol. The van der Waals surface area contributed by atoms with Gasteiger partial charge < -0.3 is 0 Å². The summed E-state index contributed by atoms with van der Waals surface area (Å²) in [6.45, 7) is 0. The van der Waals surface area contributed by atoms with Gasteiger partial charge >= 0.3 is 0 Å². The fourth-order valence-corrected chi connectivity index (χ4v) is 1.99. The first-order valence-electron chi connectivity index (χ1n) is 4.64. The van der Waals surface area contributed by atoms with E-state index in [2.05, 4.69) is 25.1 Å². The predicted molar refractivity (Wildman–Crippen MR) is 58.6 cm³/mol. The number of aryl methyl sites for hydroxylation is 1. The molecule has 1 N–H and O–H groups in total. The van der Waals surface area contributed by atoms with Gasteiger partial charge in [0.05, 0.1) is 7.05 Å². The standard InChI is InChI=1S/C8H7N7O2S/c1-15-12-8(11-14-15)13-18(16,17)7-3-2-6(4-9)10-5-7/h2-3,5H,1H3,(H,12,13). The number of rotatable bonds is 3. The van der Waals surface area contributed by atoms with Crippen LogP contribution in [0.4, 0.5) is 5.95 Å². The van der Waals surface area contributed by atoms with Crippen molar-refractivity contribution in [3.63, 3.8) is 0 Å². The van der Waals surface area contributed by atoms with E-state index in [4.69, 9.17) is 5.26 Å². The summed E-state index contributed by atoms with van der Waals surface area (Å²) in [6.07, 6.45) is 1.08. The van der Waals surface area contributed by atoms with Gasteiger partial charge in [-0.2, -0.15) is 10.1 Å². The molecule has 0 unspecified atom stereocenters. The molecule has 0 saturated carbocycles. The monoisotopic (exact) mass is 265 g/mol. The van der Waals surface area contributed by atoms with Gasteiger partial charge in [-0.1, -0.05) is 5.10 Å². The Labute approximate surface area is 102 Å². The molecule has 0 aliphatic rings. The lowest BCUT2D eigenvalue weighted by Crippen LogP contribution is -2.14. The Balaban J connectivity index is 2.28. The highest BCUT2D eigenvalue weighted by atomic mass is 32.2. The maximum Gasteiger partial charge on any atom is 0.277 e. The number of anilines is 1. The number of hydrogen-bond donors (Lipinski definition) is 1. The first-order chi connectivity index (χ1) is 8.51. The third-order valence-corrected chi connectivity index (χ3v) is 3.21. The molecule has 0 atom stereocenters. The first-order valence-corrected chi connectivity index (χ1v) is 6.12. The number of pyridine rings is 1. The van der Waals surface area contributed by atoms with Gasteiger partial charge in [-0.3, -0.25) is 0 Å². The molecule has 0 fully saturated rings. The van der Waals surface area contributed by atoms with Crippen LogP contribution in [0.15, 0.2) is 23.2 Å². The van der Waals surface area contributed by atoms with Crippen molar-refractivity contribution in [1.82, 2.24) is 25.2 Å². The Morgan fingerprint density at radius 1 is 1.44 bits per heavy atom. The predicted octanol–water partition coefficient (Wildman–Crippen LogP) is -0.722. The number of hydrogen-bond acceptors (Lipinski definition) is 7. The SMILES string of the molecule is Cn1nnc(NS(=O)(=O)c2ccc(C#N)nc2)n1. The van der Waals surface area contributed by atoms with Gasteiger partial charge in [0.15, 0.2) is 0 Å². The largest absolute Gasteiger partial charge is 0.277 e. The molecule has 92 valence electrons. The Morgan fingerprint density at radius 3 is 2.72 bits per heavy atom. The number of nitrogens with zero attached hydrogens (tertiary/aromatic N) is 6. The lowest BCUT2D eigenvalue weighted by Gasteiger charge is -2.02. The van der Waals surface area contributed by atoms with Gasteiger partial charge in [0.1, 0.15) is 16.7 Å². The number of tetrazole rings is 1. The molecule has 0 saturated heterocycles. The highest BCUT2D eigenvalue weighted by Crippen LogP contribution is 2.11. The van der Waals surface area contributed by atoms with Crippen molar-refractivity contribution in [1.29, 1.82) is 5.26 Å². The van der Waals surface area contributed by atoms with E-state index in [9.17, 15) is 8.42 Å². The normalized spacial score (nSPS) is 10.9. The van der Waals surface area contributed by atoms with Crippen LogP contribution in [0.2, 0.25) is 0 Å². The molecule has 0 aromatic carbocycles. The minimum atomic E-state index is -3.83. The third-order valence-electron chi connectivity index (χ3n) is 1.90. The molecule has 2 aromatic rings. The van der Waals surface area contributed by atoms with Crippen LogP contribution in [0.3, 0.4) is 0 Å². The van der Waals surface area contributed by atoms with E-state index in [1.54, 1.807) is 6.07 Å². The number of nitriles is 1. The van der Waals surface area contributed by atoms with E-state index in [1.807, 2.05) is 0 Å². The molecule has 0 amide bonds. The zero-order valence-corrected chi connectivity index (χ0v) is 9.96. The molecule has 18 heavy (non-hydrogen) atoms. The zero-order valence-electron chi connectivity index (χ0n) is 9.14. The number of aromatic nitrogens is 5. The van der Waals surface area contributed by atoms with Crippen LogP contribution in [0.25, 0.3) is 0 Å².